The van der Waals surface area contributed by atoms with E-state index in [0.29, 0.717) is 0 Å². The van der Waals surface area contributed by atoms with Crippen LogP contribution in [0, 0.1) is 20.2 Å². The summed E-state index contributed by atoms with van der Waals surface area (Å²) in [6.07, 6.45) is 0. The fraction of sp³-hybridized carbons (Fsp3) is 0. The van der Waals surface area contributed by atoms with E-state index < -0.39 is 10.2 Å². The number of hydrogen-bond donors (Lipinski definition) is 2. The van der Waals surface area contributed by atoms with Crippen LogP contribution in [0.5, 0.6) is 0 Å². The zero-order valence-electron chi connectivity index (χ0n) is 7.13. The van der Waals surface area contributed by atoms with Gasteiger partial charge in [-0.15, -0.1) is 20.2 Å². The van der Waals surface area contributed by atoms with Gasteiger partial charge in [-0.25, -0.2) is 0 Å². The molecule has 0 aliphatic rings. The minimum absolute atomic E-state index is 0. The van der Waals surface area contributed by atoms with Crippen LogP contribution < -0.4 is 0 Å². The normalized spacial score (nSPS) is 3.20. The summed E-state index contributed by atoms with van der Waals surface area (Å²) in [4.78, 5) is 16.7. The van der Waals surface area contributed by atoms with Crippen LogP contribution in [0.2, 0.25) is 0 Å². The molecule has 0 saturated carbocycles. The fourth-order valence-electron chi connectivity index (χ4n) is 0. The van der Waals surface area contributed by atoms with E-state index in [4.69, 9.17) is 30.6 Å². The zero-order chi connectivity index (χ0) is 7.15. The third kappa shape index (κ3) is 1340. The van der Waals surface area contributed by atoms with Crippen molar-refractivity contribution in [3.63, 3.8) is 0 Å². The van der Waals surface area contributed by atoms with Gasteiger partial charge in [-0.3, -0.25) is 0 Å². The molecule has 0 aromatic carbocycles. The first-order valence-electron chi connectivity index (χ1n) is 1.13. The van der Waals surface area contributed by atoms with E-state index in [0.717, 1.165) is 0 Å². The average molecular weight is 258 g/mol. The summed E-state index contributed by atoms with van der Waals surface area (Å²) in [5.41, 5.74) is 0. The Morgan fingerprint density at radius 3 is 0.667 bits per heavy atom. The van der Waals surface area contributed by atoms with Crippen molar-refractivity contribution in [2.45, 2.75) is 0 Å². The maximum absolute atomic E-state index is 8.36. The molecular formula is H14MgN2O12+2. The van der Waals surface area contributed by atoms with Gasteiger partial charge in [-0.2, -0.15) is 0 Å². The summed E-state index contributed by atoms with van der Waals surface area (Å²) >= 11 is 0. The predicted octanol–water partition coefficient (Wildman–Crippen LogP) is -6.02. The SMILES string of the molecule is O.O.O.O.O.O.O=[N+]([O-])O.O=[N+]([O-])O.[Mg+2]. The Bertz CT molecular complexity index is 71.6. The standard InChI is InChI=1S/Mg.2HNO3.6H2O/c;2*2-1(3)4;;;;;;/h;2*(H,2,3,4);6*1H2/q+2;;;;;;;;. The van der Waals surface area contributed by atoms with E-state index in [1.165, 1.54) is 0 Å². The molecule has 0 fully saturated rings. The van der Waals surface area contributed by atoms with E-state index in [1.54, 1.807) is 0 Å². The third-order valence-corrected chi connectivity index (χ3v) is 0. The van der Waals surface area contributed by atoms with Gasteiger partial charge in [0.15, 0.2) is 0 Å². The second kappa shape index (κ2) is 75.8. The average Bonchev–Trinajstić information content (AvgIpc) is 1.25. The molecule has 0 radical (unpaired) electrons. The van der Waals surface area contributed by atoms with Gasteiger partial charge < -0.3 is 43.3 Å². The van der Waals surface area contributed by atoms with Crippen LogP contribution >= 0.6 is 0 Å². The molecule has 15 heteroatoms. The number of rotatable bonds is 0. The first kappa shape index (κ1) is 95.9. The van der Waals surface area contributed by atoms with Gasteiger partial charge in [0.2, 0.25) is 0 Å². The molecule has 0 aromatic heterocycles. The largest absolute Gasteiger partial charge is 2.00 e. The van der Waals surface area contributed by atoms with Crippen LogP contribution in [-0.4, -0.2) is 76.5 Å². The Hall–Kier alpha value is -1.07. The Morgan fingerprint density at radius 2 is 0.667 bits per heavy atom. The van der Waals surface area contributed by atoms with Crippen LogP contribution in [0.25, 0.3) is 0 Å². The van der Waals surface area contributed by atoms with Gasteiger partial charge >= 0.3 is 23.1 Å². The molecular weight excluding hydrogens is 244 g/mol. The summed E-state index contributed by atoms with van der Waals surface area (Å²) in [7, 11) is 0. The second-order valence-electron chi connectivity index (χ2n) is 0.476. The summed E-state index contributed by atoms with van der Waals surface area (Å²) in [6.45, 7) is 0. The Labute approximate surface area is 97.3 Å². The molecule has 0 aromatic rings. The maximum Gasteiger partial charge on any atom is 2.00 e. The van der Waals surface area contributed by atoms with Crippen molar-refractivity contribution in [1.29, 1.82) is 0 Å². The van der Waals surface area contributed by atoms with E-state index in [9.17, 15) is 0 Å². The molecule has 0 spiro atoms. The first-order valence-corrected chi connectivity index (χ1v) is 1.13. The number of hydrogen-bond acceptors (Lipinski definition) is 4. The topological polar surface area (TPSA) is 316 Å². The van der Waals surface area contributed by atoms with Gasteiger partial charge in [-0.1, -0.05) is 0 Å². The van der Waals surface area contributed by atoms with Crippen molar-refractivity contribution in [1.82, 2.24) is 0 Å². The monoisotopic (exact) mass is 258 g/mol. The fourth-order valence-corrected chi connectivity index (χ4v) is 0. The molecule has 0 aliphatic carbocycles. The maximum atomic E-state index is 8.36. The van der Waals surface area contributed by atoms with Crippen LogP contribution in [-0.2, 0) is 0 Å². The molecule has 15 heavy (non-hydrogen) atoms. The van der Waals surface area contributed by atoms with Crippen molar-refractivity contribution in [3.05, 3.63) is 20.2 Å². The molecule has 0 rings (SSSR count). The van der Waals surface area contributed by atoms with E-state index in [-0.39, 0.29) is 55.9 Å². The van der Waals surface area contributed by atoms with Crippen molar-refractivity contribution in [2.75, 3.05) is 0 Å². The summed E-state index contributed by atoms with van der Waals surface area (Å²) in [5.74, 6) is 0. The Balaban J connectivity index is -0.00000000468. The summed E-state index contributed by atoms with van der Waals surface area (Å²) in [5, 5.41) is 27.3. The Kier molecular flexibility index (Phi) is 484. The molecule has 0 bridgehead atoms. The van der Waals surface area contributed by atoms with Crippen molar-refractivity contribution in [2.24, 2.45) is 0 Å². The zero-order valence-corrected chi connectivity index (χ0v) is 8.54. The smallest absolute Gasteiger partial charge is 0.412 e. The van der Waals surface area contributed by atoms with Crippen molar-refractivity contribution in [3.8, 4) is 0 Å². The minimum atomic E-state index is -1.50. The van der Waals surface area contributed by atoms with Crippen molar-refractivity contribution < 1.29 is 53.4 Å². The van der Waals surface area contributed by atoms with Gasteiger partial charge in [0.05, 0.1) is 0 Å². The molecule has 0 unspecified atom stereocenters. The van der Waals surface area contributed by atoms with Crippen LogP contribution in [0.15, 0.2) is 0 Å². The molecule has 14 N–H and O–H groups in total. The van der Waals surface area contributed by atoms with Gasteiger partial charge in [0.25, 0.3) is 10.2 Å². The first-order chi connectivity index (χ1) is 3.46. The quantitative estimate of drug-likeness (QED) is 0.241. The van der Waals surface area contributed by atoms with Crippen molar-refractivity contribution >= 4 is 23.1 Å². The van der Waals surface area contributed by atoms with Crippen LogP contribution in [0.3, 0.4) is 0 Å². The van der Waals surface area contributed by atoms with Gasteiger partial charge in [0, 0.05) is 0 Å². The molecule has 0 amide bonds. The molecule has 0 heterocycles. The minimum Gasteiger partial charge on any atom is -0.412 e. The number of nitrogens with zero attached hydrogens (tertiary/aromatic N) is 2. The molecule has 96 valence electrons. The summed E-state index contributed by atoms with van der Waals surface area (Å²) < 4.78 is 0. The van der Waals surface area contributed by atoms with E-state index in [2.05, 4.69) is 0 Å². The Morgan fingerprint density at radius 1 is 0.667 bits per heavy atom. The third-order valence-electron chi connectivity index (χ3n) is 0. The molecule has 0 atom stereocenters. The van der Waals surface area contributed by atoms with Gasteiger partial charge in [0.1, 0.15) is 0 Å². The van der Waals surface area contributed by atoms with E-state index in [1.807, 2.05) is 0 Å². The van der Waals surface area contributed by atoms with E-state index >= 15 is 0 Å². The molecule has 0 saturated heterocycles. The summed E-state index contributed by atoms with van der Waals surface area (Å²) in [6, 6.07) is 0. The van der Waals surface area contributed by atoms with Crippen LogP contribution in [0.4, 0.5) is 0 Å². The predicted molar refractivity (Wildman–Crippen MR) is 45.0 cm³/mol. The van der Waals surface area contributed by atoms with Crippen LogP contribution in [0.1, 0.15) is 0 Å². The molecule has 0 aliphatic heterocycles. The second-order valence-corrected chi connectivity index (χ2v) is 0.476. The molecule has 14 nitrogen and oxygen atoms in total. The van der Waals surface area contributed by atoms with Gasteiger partial charge in [-0.05, 0) is 0 Å².